The highest BCUT2D eigenvalue weighted by Gasteiger charge is 2.58. The van der Waals surface area contributed by atoms with E-state index in [1.54, 1.807) is 0 Å². The van der Waals surface area contributed by atoms with Crippen molar-refractivity contribution >= 4 is 34.8 Å². The van der Waals surface area contributed by atoms with Gasteiger partial charge in [-0.25, -0.2) is 9.67 Å². The molecular formula is C12H16Cl3N3O2. The summed E-state index contributed by atoms with van der Waals surface area (Å²) in [5.41, 5.74) is -1.26. The molecule has 0 amide bonds. The molecule has 1 atom stereocenters. The Kier molecular flexibility index (Phi) is 4.97. The van der Waals surface area contributed by atoms with Crippen molar-refractivity contribution in [1.29, 1.82) is 0 Å². The first-order valence-corrected chi connectivity index (χ1v) is 7.41. The third-order valence-electron chi connectivity index (χ3n) is 3.49. The number of alkyl halides is 1. The van der Waals surface area contributed by atoms with Gasteiger partial charge in [0.05, 0.1) is 11.4 Å². The molecule has 5 nitrogen and oxygen atoms in total. The van der Waals surface area contributed by atoms with Gasteiger partial charge in [-0.1, -0.05) is 23.2 Å². The maximum absolute atomic E-state index is 10.9. The molecule has 1 heterocycles. The molecule has 1 aliphatic rings. The topological polar surface area (TPSA) is 71.2 Å². The van der Waals surface area contributed by atoms with Crippen LogP contribution in [-0.2, 0) is 6.54 Å². The average Bonchev–Trinajstić information content (AvgIpc) is 2.95. The molecule has 2 N–H and O–H groups in total. The third kappa shape index (κ3) is 3.46. The number of hydrogen-bond acceptors (Lipinski definition) is 4. The van der Waals surface area contributed by atoms with E-state index in [1.807, 2.05) is 0 Å². The number of nitrogens with zero attached hydrogens (tertiary/aromatic N) is 3. The van der Waals surface area contributed by atoms with Crippen LogP contribution in [0, 0.1) is 0 Å². The lowest BCUT2D eigenvalue weighted by Gasteiger charge is -2.33. The molecule has 1 aromatic heterocycles. The second-order valence-electron chi connectivity index (χ2n) is 5.05. The van der Waals surface area contributed by atoms with Crippen LogP contribution in [0.5, 0.6) is 0 Å². The molecular weight excluding hydrogens is 325 g/mol. The summed E-state index contributed by atoms with van der Waals surface area (Å²) in [6.07, 6.45) is 4.71. The molecule has 8 heteroatoms. The summed E-state index contributed by atoms with van der Waals surface area (Å²) in [4.78, 5) is 3.13. The van der Waals surface area contributed by atoms with Crippen LogP contribution in [0.1, 0.15) is 25.7 Å². The van der Waals surface area contributed by atoms with Gasteiger partial charge >= 0.3 is 0 Å². The predicted octanol–water partition coefficient (Wildman–Crippen LogP) is 2.24. The first-order valence-electron chi connectivity index (χ1n) is 6.28. The Morgan fingerprint density at radius 2 is 2.05 bits per heavy atom. The normalized spacial score (nSPS) is 21.2. The molecule has 0 aromatic carbocycles. The van der Waals surface area contributed by atoms with E-state index in [0.29, 0.717) is 22.9 Å². The minimum atomic E-state index is -1.26. The average molecular weight is 341 g/mol. The summed E-state index contributed by atoms with van der Waals surface area (Å²) >= 11 is 18.5. The molecule has 1 unspecified atom stereocenters. The summed E-state index contributed by atoms with van der Waals surface area (Å²) in [6.45, 7) is 0.0958. The first-order chi connectivity index (χ1) is 9.40. The molecule has 0 radical (unpaired) electrons. The van der Waals surface area contributed by atoms with E-state index in [-0.39, 0.29) is 26.0 Å². The summed E-state index contributed by atoms with van der Waals surface area (Å²) in [5.74, 6) is 0. The van der Waals surface area contributed by atoms with Gasteiger partial charge in [0.1, 0.15) is 18.3 Å². The standard InChI is InChI=1S/C12H16Cl3N3O2/c13-9(1-4-19)10(14)5-12(20,11(15)2-3-11)6-18-8-16-7-17-18/h7-8,19-20H,1-6H2. The molecule has 1 saturated carbocycles. The Morgan fingerprint density at radius 1 is 1.35 bits per heavy atom. The smallest absolute Gasteiger partial charge is 0.137 e. The van der Waals surface area contributed by atoms with E-state index in [2.05, 4.69) is 10.1 Å². The van der Waals surface area contributed by atoms with Crippen molar-refractivity contribution in [2.75, 3.05) is 6.61 Å². The minimum Gasteiger partial charge on any atom is -0.396 e. The minimum absolute atomic E-state index is 0.0947. The van der Waals surface area contributed by atoms with Gasteiger partial charge in [0, 0.05) is 29.5 Å². The molecule has 1 fully saturated rings. The van der Waals surface area contributed by atoms with Gasteiger partial charge in [0.15, 0.2) is 0 Å². The van der Waals surface area contributed by atoms with Gasteiger partial charge in [-0.15, -0.1) is 11.6 Å². The van der Waals surface area contributed by atoms with E-state index in [1.165, 1.54) is 17.3 Å². The zero-order valence-electron chi connectivity index (χ0n) is 10.8. The maximum Gasteiger partial charge on any atom is 0.137 e. The molecule has 0 bridgehead atoms. The summed E-state index contributed by atoms with van der Waals surface area (Å²) in [6, 6.07) is 0. The lowest BCUT2D eigenvalue weighted by atomic mass is 9.92. The van der Waals surface area contributed by atoms with Crippen molar-refractivity contribution in [3.8, 4) is 0 Å². The Morgan fingerprint density at radius 3 is 2.55 bits per heavy atom. The van der Waals surface area contributed by atoms with Crippen LogP contribution in [0.4, 0.5) is 0 Å². The van der Waals surface area contributed by atoms with Crippen molar-refractivity contribution in [3.63, 3.8) is 0 Å². The SMILES string of the molecule is OCCC(Cl)=C(Cl)CC(O)(Cn1cncn1)C1(Cl)CC1. The van der Waals surface area contributed by atoms with E-state index in [9.17, 15) is 5.11 Å². The highest BCUT2D eigenvalue weighted by atomic mass is 35.5. The van der Waals surface area contributed by atoms with Crippen LogP contribution < -0.4 is 0 Å². The third-order valence-corrected chi connectivity index (χ3v) is 5.09. The van der Waals surface area contributed by atoms with E-state index >= 15 is 0 Å². The van der Waals surface area contributed by atoms with Crippen LogP contribution in [0.25, 0.3) is 0 Å². The quantitative estimate of drug-likeness (QED) is 0.747. The van der Waals surface area contributed by atoms with Crippen LogP contribution >= 0.6 is 34.8 Å². The largest absolute Gasteiger partial charge is 0.396 e. The molecule has 2 rings (SSSR count). The Bertz CT molecular complexity index is 488. The Labute approximate surface area is 132 Å². The first kappa shape index (κ1) is 16.0. The Balaban J connectivity index is 2.18. The van der Waals surface area contributed by atoms with Gasteiger partial charge in [-0.2, -0.15) is 5.10 Å². The molecule has 1 aromatic rings. The number of rotatable bonds is 7. The van der Waals surface area contributed by atoms with Gasteiger partial charge in [-0.3, -0.25) is 0 Å². The molecule has 1 aliphatic carbocycles. The predicted molar refractivity (Wildman–Crippen MR) is 77.8 cm³/mol. The van der Waals surface area contributed by atoms with Crippen LogP contribution in [0.15, 0.2) is 22.7 Å². The second-order valence-corrected chi connectivity index (χ2v) is 6.69. The van der Waals surface area contributed by atoms with Crippen molar-refractivity contribution in [1.82, 2.24) is 14.8 Å². The fourth-order valence-electron chi connectivity index (χ4n) is 2.10. The molecule has 112 valence electrons. The summed E-state index contributed by atoms with van der Waals surface area (Å²) in [7, 11) is 0. The van der Waals surface area contributed by atoms with Gasteiger partial charge in [-0.05, 0) is 12.8 Å². The van der Waals surface area contributed by atoms with Crippen LogP contribution in [0.2, 0.25) is 0 Å². The van der Waals surface area contributed by atoms with E-state index < -0.39 is 10.5 Å². The Hall–Kier alpha value is -0.330. The molecule has 0 aliphatic heterocycles. The number of aliphatic hydroxyl groups excluding tert-OH is 1. The lowest BCUT2D eigenvalue weighted by Crippen LogP contribution is -2.45. The zero-order chi connectivity index (χ0) is 14.8. The van der Waals surface area contributed by atoms with Crippen molar-refractivity contribution in [2.45, 2.75) is 42.7 Å². The monoisotopic (exact) mass is 339 g/mol. The van der Waals surface area contributed by atoms with Gasteiger partial charge < -0.3 is 10.2 Å². The van der Waals surface area contributed by atoms with Crippen molar-refractivity contribution in [3.05, 3.63) is 22.7 Å². The van der Waals surface area contributed by atoms with Crippen LogP contribution in [-0.4, -0.2) is 42.1 Å². The van der Waals surface area contributed by atoms with Gasteiger partial charge in [0.2, 0.25) is 0 Å². The van der Waals surface area contributed by atoms with E-state index in [0.717, 1.165) is 0 Å². The number of hydrogen-bond donors (Lipinski definition) is 2. The zero-order valence-corrected chi connectivity index (χ0v) is 13.0. The fourth-order valence-corrected chi connectivity index (χ4v) is 2.79. The summed E-state index contributed by atoms with van der Waals surface area (Å²) in [5, 5.41) is 24.4. The van der Waals surface area contributed by atoms with Crippen LogP contribution in [0.3, 0.4) is 0 Å². The number of halogens is 3. The van der Waals surface area contributed by atoms with Gasteiger partial charge in [0.25, 0.3) is 0 Å². The fraction of sp³-hybridized carbons (Fsp3) is 0.667. The molecule has 0 spiro atoms. The summed E-state index contributed by atoms with van der Waals surface area (Å²) < 4.78 is 1.52. The van der Waals surface area contributed by atoms with E-state index in [4.69, 9.17) is 39.9 Å². The van der Waals surface area contributed by atoms with Crippen molar-refractivity contribution in [2.24, 2.45) is 0 Å². The second kappa shape index (κ2) is 6.20. The highest BCUT2D eigenvalue weighted by Crippen LogP contribution is 2.54. The maximum atomic E-state index is 10.9. The molecule has 0 saturated heterocycles. The highest BCUT2D eigenvalue weighted by molar-refractivity contribution is 6.39. The number of aliphatic hydroxyl groups is 2. The number of aromatic nitrogens is 3. The lowest BCUT2D eigenvalue weighted by molar-refractivity contribution is 0.00907. The van der Waals surface area contributed by atoms with Crippen molar-refractivity contribution < 1.29 is 10.2 Å². The molecule has 20 heavy (non-hydrogen) atoms.